The summed E-state index contributed by atoms with van der Waals surface area (Å²) in [6.07, 6.45) is 1.77. The van der Waals surface area contributed by atoms with Crippen molar-refractivity contribution in [3.05, 3.63) is 15.8 Å². The van der Waals surface area contributed by atoms with Crippen LogP contribution in [-0.4, -0.2) is 31.9 Å². The largest absolute Gasteiger partial charge is 0.329 e. The van der Waals surface area contributed by atoms with Gasteiger partial charge >= 0.3 is 0 Å². The van der Waals surface area contributed by atoms with Gasteiger partial charge < -0.3 is 5.73 Å². The molecule has 2 unspecified atom stereocenters. The van der Waals surface area contributed by atoms with Gasteiger partial charge in [0.2, 0.25) is 10.0 Å². The minimum atomic E-state index is -3.39. The third-order valence-electron chi connectivity index (χ3n) is 3.78. The summed E-state index contributed by atoms with van der Waals surface area (Å²) in [6.45, 7) is 6.95. The first-order chi connectivity index (χ1) is 8.86. The van der Waals surface area contributed by atoms with Crippen molar-refractivity contribution in [2.24, 2.45) is 11.7 Å². The molecule has 1 aromatic rings. The monoisotopic (exact) mass is 338 g/mol. The molecule has 0 aliphatic carbocycles. The summed E-state index contributed by atoms with van der Waals surface area (Å²) in [5.74, 6) is 0.547. The van der Waals surface area contributed by atoms with Crippen molar-refractivity contribution in [2.45, 2.75) is 44.6 Å². The van der Waals surface area contributed by atoms with Crippen LogP contribution in [0.25, 0.3) is 0 Å². The fourth-order valence-electron chi connectivity index (χ4n) is 2.75. The molecule has 7 heteroatoms. The zero-order valence-corrected chi connectivity index (χ0v) is 14.6. The Bertz CT molecular complexity index is 557. The number of hydrogen-bond acceptors (Lipinski definition) is 4. The number of piperidine rings is 1. The molecule has 0 amide bonds. The Hall–Kier alpha value is -0.140. The van der Waals surface area contributed by atoms with Crippen molar-refractivity contribution in [2.75, 3.05) is 13.1 Å². The molecule has 2 rings (SSSR count). The molecule has 116 valence electrons. The van der Waals surface area contributed by atoms with E-state index in [1.54, 1.807) is 10.4 Å². The molecule has 1 aliphatic rings. The average molecular weight is 339 g/mol. The molecule has 1 saturated heterocycles. The summed E-state index contributed by atoms with van der Waals surface area (Å²) >= 11 is 1.53. The molecule has 0 saturated carbocycles. The lowest BCUT2D eigenvalue weighted by Gasteiger charge is -2.36. The minimum Gasteiger partial charge on any atom is -0.329 e. The van der Waals surface area contributed by atoms with Crippen molar-refractivity contribution in [1.29, 1.82) is 0 Å². The van der Waals surface area contributed by atoms with Crippen molar-refractivity contribution >= 4 is 33.8 Å². The third-order valence-corrected chi connectivity index (χ3v) is 6.95. The predicted molar refractivity (Wildman–Crippen MR) is 86.2 cm³/mol. The van der Waals surface area contributed by atoms with Crippen LogP contribution in [0.2, 0.25) is 0 Å². The number of halogens is 1. The Morgan fingerprint density at radius 3 is 2.60 bits per heavy atom. The van der Waals surface area contributed by atoms with Gasteiger partial charge in [0, 0.05) is 28.9 Å². The first-order valence-electron chi connectivity index (χ1n) is 6.65. The highest BCUT2D eigenvalue weighted by atomic mass is 35.5. The van der Waals surface area contributed by atoms with E-state index in [4.69, 9.17) is 5.73 Å². The van der Waals surface area contributed by atoms with E-state index in [0.717, 1.165) is 22.6 Å². The van der Waals surface area contributed by atoms with Crippen molar-refractivity contribution < 1.29 is 8.42 Å². The predicted octanol–water partition coefficient (Wildman–Crippen LogP) is 2.53. The van der Waals surface area contributed by atoms with Gasteiger partial charge in [0.25, 0.3) is 0 Å². The number of rotatable bonds is 3. The van der Waals surface area contributed by atoms with E-state index in [9.17, 15) is 8.42 Å². The lowest BCUT2D eigenvalue weighted by atomic mass is 9.94. The Morgan fingerprint density at radius 1 is 1.45 bits per heavy atom. The van der Waals surface area contributed by atoms with E-state index in [0.29, 0.717) is 23.9 Å². The minimum absolute atomic E-state index is 0. The molecule has 0 bridgehead atoms. The highest BCUT2D eigenvalue weighted by Gasteiger charge is 2.36. The molecular formula is C13H23ClN2O2S2. The second kappa shape index (κ2) is 6.75. The molecule has 4 nitrogen and oxygen atoms in total. The maximum atomic E-state index is 12.8. The van der Waals surface area contributed by atoms with Crippen LogP contribution in [0.5, 0.6) is 0 Å². The number of thiophene rings is 1. The molecule has 0 radical (unpaired) electrons. The number of sulfonamides is 1. The third kappa shape index (κ3) is 3.36. The normalized spacial score (nSPS) is 24.4. The van der Waals surface area contributed by atoms with E-state index in [-0.39, 0.29) is 18.4 Å². The maximum absolute atomic E-state index is 12.8. The summed E-state index contributed by atoms with van der Waals surface area (Å²) in [5.41, 5.74) is 5.77. The highest BCUT2D eigenvalue weighted by molar-refractivity contribution is 7.89. The zero-order valence-electron chi connectivity index (χ0n) is 12.1. The Balaban J connectivity index is 0.00000200. The standard InChI is InChI=1S/C13H22N2O2S2.ClH/c1-9-4-5-15(12(6-9)8-14)19(16,17)13-7-10(2)18-11(13)3;/h7,9,12H,4-6,8,14H2,1-3H3;1H. The number of nitrogens with zero attached hydrogens (tertiary/aromatic N) is 1. The Morgan fingerprint density at radius 2 is 2.10 bits per heavy atom. The summed E-state index contributed by atoms with van der Waals surface area (Å²) in [4.78, 5) is 2.36. The summed E-state index contributed by atoms with van der Waals surface area (Å²) in [7, 11) is -3.39. The Labute approximate surface area is 131 Å². The van der Waals surface area contributed by atoms with Gasteiger partial charge in [-0.3, -0.25) is 0 Å². The van der Waals surface area contributed by atoms with E-state index in [1.807, 2.05) is 13.8 Å². The fraction of sp³-hybridized carbons (Fsp3) is 0.692. The van der Waals surface area contributed by atoms with Crippen molar-refractivity contribution in [3.63, 3.8) is 0 Å². The fourth-order valence-corrected chi connectivity index (χ4v) is 5.94. The van der Waals surface area contributed by atoms with Crippen LogP contribution in [0.4, 0.5) is 0 Å². The summed E-state index contributed by atoms with van der Waals surface area (Å²) in [5, 5.41) is 0. The number of nitrogens with two attached hydrogens (primary N) is 1. The molecule has 1 aliphatic heterocycles. The molecule has 0 spiro atoms. The quantitative estimate of drug-likeness (QED) is 0.921. The van der Waals surface area contributed by atoms with E-state index in [1.165, 1.54) is 11.3 Å². The first kappa shape index (κ1) is 17.9. The zero-order chi connectivity index (χ0) is 14.2. The molecule has 1 fully saturated rings. The molecule has 0 aromatic carbocycles. The SMILES string of the molecule is Cc1cc(S(=O)(=O)N2CCC(C)CC2CN)c(C)s1.Cl. The maximum Gasteiger partial charge on any atom is 0.244 e. The van der Waals surface area contributed by atoms with Gasteiger partial charge in [-0.2, -0.15) is 4.31 Å². The van der Waals surface area contributed by atoms with Gasteiger partial charge in [-0.1, -0.05) is 6.92 Å². The van der Waals surface area contributed by atoms with Crippen LogP contribution >= 0.6 is 23.7 Å². The van der Waals surface area contributed by atoms with E-state index in [2.05, 4.69) is 6.92 Å². The lowest BCUT2D eigenvalue weighted by molar-refractivity contribution is 0.211. The number of hydrogen-bond donors (Lipinski definition) is 1. The van der Waals surface area contributed by atoms with Crippen LogP contribution in [-0.2, 0) is 10.0 Å². The number of aryl methyl sites for hydroxylation is 2. The van der Waals surface area contributed by atoms with Crippen LogP contribution in [0.3, 0.4) is 0 Å². The molecule has 1 aromatic heterocycles. The molecule has 2 atom stereocenters. The van der Waals surface area contributed by atoms with E-state index >= 15 is 0 Å². The lowest BCUT2D eigenvalue weighted by Crippen LogP contribution is -2.49. The van der Waals surface area contributed by atoms with Crippen LogP contribution < -0.4 is 5.73 Å². The molecule has 2 heterocycles. The first-order valence-corrected chi connectivity index (χ1v) is 8.91. The topological polar surface area (TPSA) is 63.4 Å². The summed E-state index contributed by atoms with van der Waals surface area (Å²) in [6, 6.07) is 1.72. The second-order valence-corrected chi connectivity index (χ2v) is 8.73. The molecule has 20 heavy (non-hydrogen) atoms. The second-order valence-electron chi connectivity index (χ2n) is 5.41. The molecular weight excluding hydrogens is 316 g/mol. The molecule has 2 N–H and O–H groups in total. The van der Waals surface area contributed by atoms with Crippen LogP contribution in [0.15, 0.2) is 11.0 Å². The summed E-state index contributed by atoms with van der Waals surface area (Å²) < 4.78 is 27.2. The smallest absolute Gasteiger partial charge is 0.244 e. The van der Waals surface area contributed by atoms with Crippen LogP contribution in [0.1, 0.15) is 29.5 Å². The van der Waals surface area contributed by atoms with Gasteiger partial charge in [0.1, 0.15) is 0 Å². The van der Waals surface area contributed by atoms with Gasteiger partial charge in [-0.25, -0.2) is 8.42 Å². The van der Waals surface area contributed by atoms with Gasteiger partial charge in [-0.15, -0.1) is 23.7 Å². The van der Waals surface area contributed by atoms with E-state index < -0.39 is 10.0 Å². The van der Waals surface area contributed by atoms with Crippen molar-refractivity contribution in [1.82, 2.24) is 4.31 Å². The van der Waals surface area contributed by atoms with Gasteiger partial charge in [-0.05, 0) is 38.7 Å². The highest BCUT2D eigenvalue weighted by Crippen LogP contribution is 2.32. The van der Waals surface area contributed by atoms with Crippen LogP contribution in [0, 0.1) is 19.8 Å². The average Bonchev–Trinajstić information content (AvgIpc) is 2.68. The Kier molecular flexibility index (Phi) is 6.04. The van der Waals surface area contributed by atoms with Gasteiger partial charge in [0.05, 0.1) is 4.90 Å². The van der Waals surface area contributed by atoms with Gasteiger partial charge in [0.15, 0.2) is 0 Å². The van der Waals surface area contributed by atoms with Crippen molar-refractivity contribution in [3.8, 4) is 0 Å².